The van der Waals surface area contributed by atoms with E-state index in [2.05, 4.69) is 11.9 Å². The molecule has 1 heterocycles. The van der Waals surface area contributed by atoms with Gasteiger partial charge >= 0.3 is 0 Å². The fraction of sp³-hybridized carbons (Fsp3) is 0.400. The Labute approximate surface area is 139 Å². The molecular weight excluding hydrogens is 325 g/mol. The first kappa shape index (κ1) is 16.8. The predicted octanol–water partition coefficient (Wildman–Crippen LogP) is 5.07. The van der Waals surface area contributed by atoms with Crippen LogP contribution in [0.3, 0.4) is 0 Å². The van der Waals surface area contributed by atoms with Crippen LogP contribution in [0, 0.1) is 10.1 Å². The van der Waals surface area contributed by atoms with Crippen molar-refractivity contribution in [3.05, 3.63) is 56.6 Å². The minimum atomic E-state index is -0.476. The molecule has 0 aliphatic rings. The number of benzene rings is 1. The van der Waals surface area contributed by atoms with Crippen LogP contribution in [0.2, 0.25) is 10.0 Å². The van der Waals surface area contributed by atoms with Crippen molar-refractivity contribution < 1.29 is 4.92 Å². The summed E-state index contributed by atoms with van der Waals surface area (Å²) in [6.45, 7) is 2.79. The molecule has 2 rings (SSSR count). The number of halogens is 2. The SMILES string of the molecule is CCCCC(Cn1ccnc1)c1cc([N+](=O)[O-])c(Cl)cc1Cl. The molecule has 0 amide bonds. The molecule has 2 aromatic rings. The van der Waals surface area contributed by atoms with Crippen molar-refractivity contribution in [2.75, 3.05) is 0 Å². The lowest BCUT2D eigenvalue weighted by molar-refractivity contribution is -0.384. The van der Waals surface area contributed by atoms with Gasteiger partial charge in [0.2, 0.25) is 0 Å². The lowest BCUT2D eigenvalue weighted by Gasteiger charge is -2.19. The molecule has 7 heteroatoms. The molecule has 1 unspecified atom stereocenters. The Bertz CT molecular complexity index is 644. The first-order valence-corrected chi connectivity index (χ1v) is 7.87. The average Bonchev–Trinajstić information content (AvgIpc) is 2.96. The minimum absolute atomic E-state index is 0.0654. The van der Waals surface area contributed by atoms with Crippen LogP contribution in [0.1, 0.15) is 37.7 Å². The average molecular weight is 342 g/mol. The summed E-state index contributed by atoms with van der Waals surface area (Å²) in [6.07, 6.45) is 8.28. The van der Waals surface area contributed by atoms with E-state index in [0.717, 1.165) is 24.8 Å². The third-order valence-electron chi connectivity index (χ3n) is 3.60. The number of unbranched alkanes of at least 4 members (excludes halogenated alkanes) is 1. The number of rotatable bonds is 7. The van der Waals surface area contributed by atoms with E-state index in [0.29, 0.717) is 11.6 Å². The molecular formula is C15H17Cl2N3O2. The summed E-state index contributed by atoms with van der Waals surface area (Å²) in [5.41, 5.74) is 0.660. The zero-order chi connectivity index (χ0) is 16.1. The van der Waals surface area contributed by atoms with Gasteiger partial charge in [0.15, 0.2) is 0 Å². The zero-order valence-corrected chi connectivity index (χ0v) is 13.7. The second-order valence-corrected chi connectivity index (χ2v) is 6.00. The van der Waals surface area contributed by atoms with E-state index >= 15 is 0 Å². The zero-order valence-electron chi connectivity index (χ0n) is 12.2. The van der Waals surface area contributed by atoms with E-state index in [1.165, 1.54) is 12.1 Å². The standard InChI is InChI=1S/C15H17Cl2N3O2/c1-2-3-4-11(9-19-6-5-18-10-19)12-7-15(20(21)22)14(17)8-13(12)16/h5-8,10-11H,2-4,9H2,1H3. The van der Waals surface area contributed by atoms with Crippen LogP contribution in [0.25, 0.3) is 0 Å². The van der Waals surface area contributed by atoms with Gasteiger partial charge in [0.05, 0.1) is 11.3 Å². The highest BCUT2D eigenvalue weighted by atomic mass is 35.5. The fourth-order valence-electron chi connectivity index (χ4n) is 2.45. The van der Waals surface area contributed by atoms with Gasteiger partial charge < -0.3 is 4.57 Å². The molecule has 0 fully saturated rings. The van der Waals surface area contributed by atoms with Gasteiger partial charge in [-0.15, -0.1) is 0 Å². The minimum Gasteiger partial charge on any atom is -0.337 e. The Balaban J connectivity index is 2.37. The van der Waals surface area contributed by atoms with E-state index in [-0.39, 0.29) is 16.6 Å². The lowest BCUT2D eigenvalue weighted by atomic mass is 9.93. The van der Waals surface area contributed by atoms with Gasteiger partial charge in [-0.1, -0.05) is 43.0 Å². The highest BCUT2D eigenvalue weighted by Crippen LogP contribution is 2.37. The topological polar surface area (TPSA) is 61.0 Å². The molecule has 0 radical (unpaired) electrons. The van der Waals surface area contributed by atoms with Gasteiger partial charge in [-0.3, -0.25) is 10.1 Å². The molecule has 1 atom stereocenters. The van der Waals surface area contributed by atoms with Crippen molar-refractivity contribution >= 4 is 28.9 Å². The van der Waals surface area contributed by atoms with Crippen molar-refractivity contribution in [3.63, 3.8) is 0 Å². The third-order valence-corrected chi connectivity index (χ3v) is 4.23. The normalized spacial score (nSPS) is 12.3. The molecule has 0 N–H and O–H groups in total. The van der Waals surface area contributed by atoms with Crippen molar-refractivity contribution in [1.29, 1.82) is 0 Å². The van der Waals surface area contributed by atoms with E-state index in [9.17, 15) is 10.1 Å². The third kappa shape index (κ3) is 3.99. The van der Waals surface area contributed by atoms with Crippen molar-refractivity contribution in [2.24, 2.45) is 0 Å². The first-order chi connectivity index (χ1) is 10.5. The van der Waals surface area contributed by atoms with Gasteiger partial charge in [0.25, 0.3) is 5.69 Å². The summed E-state index contributed by atoms with van der Waals surface area (Å²) < 4.78 is 1.96. The molecule has 1 aromatic heterocycles. The quantitative estimate of drug-likeness (QED) is 0.521. The molecule has 0 aliphatic carbocycles. The molecule has 1 aromatic carbocycles. The Kier molecular flexibility index (Phi) is 5.80. The van der Waals surface area contributed by atoms with Gasteiger partial charge in [-0.2, -0.15) is 0 Å². The maximum Gasteiger partial charge on any atom is 0.288 e. The molecule has 118 valence electrons. The number of nitro groups is 1. The molecule has 22 heavy (non-hydrogen) atoms. The summed E-state index contributed by atoms with van der Waals surface area (Å²) in [6, 6.07) is 2.96. The Morgan fingerprint density at radius 2 is 2.14 bits per heavy atom. The molecule has 0 bridgehead atoms. The maximum atomic E-state index is 11.1. The monoisotopic (exact) mass is 341 g/mol. The Morgan fingerprint density at radius 1 is 1.36 bits per heavy atom. The van der Waals surface area contributed by atoms with Crippen LogP contribution in [-0.4, -0.2) is 14.5 Å². The van der Waals surface area contributed by atoms with Gasteiger partial charge in [0.1, 0.15) is 5.02 Å². The van der Waals surface area contributed by atoms with Crippen LogP contribution in [-0.2, 0) is 6.54 Å². The van der Waals surface area contributed by atoms with Crippen LogP contribution in [0.15, 0.2) is 30.9 Å². The number of imidazole rings is 1. The van der Waals surface area contributed by atoms with E-state index in [4.69, 9.17) is 23.2 Å². The highest BCUT2D eigenvalue weighted by Gasteiger charge is 2.22. The van der Waals surface area contributed by atoms with E-state index in [1.807, 2.05) is 10.8 Å². The van der Waals surface area contributed by atoms with Crippen LogP contribution < -0.4 is 0 Å². The first-order valence-electron chi connectivity index (χ1n) is 7.12. The lowest BCUT2D eigenvalue weighted by Crippen LogP contribution is -2.09. The maximum absolute atomic E-state index is 11.1. The van der Waals surface area contributed by atoms with Crippen molar-refractivity contribution in [3.8, 4) is 0 Å². The van der Waals surface area contributed by atoms with Crippen molar-refractivity contribution in [2.45, 2.75) is 38.6 Å². The molecule has 5 nitrogen and oxygen atoms in total. The summed E-state index contributed by atoms with van der Waals surface area (Å²) in [5, 5.41) is 11.6. The molecule has 0 spiro atoms. The number of hydrogen-bond acceptors (Lipinski definition) is 3. The van der Waals surface area contributed by atoms with Crippen LogP contribution in [0.5, 0.6) is 0 Å². The Hall–Kier alpha value is -1.59. The van der Waals surface area contributed by atoms with E-state index < -0.39 is 4.92 Å². The van der Waals surface area contributed by atoms with E-state index in [1.54, 1.807) is 12.5 Å². The van der Waals surface area contributed by atoms with Crippen LogP contribution in [0.4, 0.5) is 5.69 Å². The second-order valence-electron chi connectivity index (χ2n) is 5.18. The smallest absolute Gasteiger partial charge is 0.288 e. The predicted molar refractivity (Wildman–Crippen MR) is 87.6 cm³/mol. The summed E-state index contributed by atoms with van der Waals surface area (Å²) in [7, 11) is 0. The highest BCUT2D eigenvalue weighted by molar-refractivity contribution is 6.36. The Morgan fingerprint density at radius 3 is 2.73 bits per heavy atom. The number of aromatic nitrogens is 2. The van der Waals surface area contributed by atoms with Crippen LogP contribution >= 0.6 is 23.2 Å². The summed E-state index contributed by atoms with van der Waals surface area (Å²) in [5.74, 6) is 0.0811. The van der Waals surface area contributed by atoms with Gasteiger partial charge in [-0.25, -0.2) is 4.98 Å². The van der Waals surface area contributed by atoms with Crippen molar-refractivity contribution in [1.82, 2.24) is 9.55 Å². The second kappa shape index (κ2) is 7.61. The largest absolute Gasteiger partial charge is 0.337 e. The van der Waals surface area contributed by atoms with Gasteiger partial charge in [-0.05, 0) is 18.1 Å². The number of nitro benzene ring substituents is 1. The molecule has 0 saturated carbocycles. The number of hydrogen-bond donors (Lipinski definition) is 0. The molecule has 0 aliphatic heterocycles. The summed E-state index contributed by atoms with van der Waals surface area (Å²) >= 11 is 12.2. The summed E-state index contributed by atoms with van der Waals surface area (Å²) in [4.78, 5) is 14.7. The molecule has 0 saturated heterocycles. The van der Waals surface area contributed by atoms with Gasteiger partial charge in [0, 0.05) is 35.9 Å². The fourth-order valence-corrected chi connectivity index (χ4v) is 3.06. The number of nitrogens with zero attached hydrogens (tertiary/aromatic N) is 3.